The molecule has 0 aliphatic rings. The van der Waals surface area contributed by atoms with Gasteiger partial charge in [0.15, 0.2) is 6.10 Å². The third kappa shape index (κ3) is 19.9. The molecule has 2 atom stereocenters. The molecular weight excluding hydrogens is 370 g/mol. The fourth-order valence-corrected chi connectivity index (χ4v) is 3.49. The Hall–Kier alpha value is -1.14. The van der Waals surface area contributed by atoms with Gasteiger partial charge in [0.1, 0.15) is 6.54 Å². The second kappa shape index (κ2) is 16.6. The topological polar surface area (TPSA) is 86.7 Å². The van der Waals surface area contributed by atoms with Crippen molar-refractivity contribution >= 4 is 11.9 Å². The molecule has 6 heteroatoms. The summed E-state index contributed by atoms with van der Waals surface area (Å²) in [6, 6.07) is 0. The van der Waals surface area contributed by atoms with Crippen LogP contribution >= 0.6 is 0 Å². The number of ether oxygens (including phenoxy) is 1. The third-order valence-electron chi connectivity index (χ3n) is 5.00. The summed E-state index contributed by atoms with van der Waals surface area (Å²) in [5.41, 5.74) is 0. The number of nitrogens with zero attached hydrogens (tertiary/aromatic N) is 1. The number of unbranched alkanes of at least 4 members (excludes halogenated alkanes) is 8. The zero-order chi connectivity index (χ0) is 22.1. The van der Waals surface area contributed by atoms with Crippen molar-refractivity contribution in [2.75, 3.05) is 27.7 Å². The zero-order valence-corrected chi connectivity index (χ0v) is 19.3. The van der Waals surface area contributed by atoms with Gasteiger partial charge >= 0.3 is 5.97 Å². The highest BCUT2D eigenvalue weighted by Gasteiger charge is 2.22. The molecule has 0 bridgehead atoms. The average molecular weight is 416 g/mol. The van der Waals surface area contributed by atoms with Crippen LogP contribution in [0.3, 0.4) is 0 Å². The van der Waals surface area contributed by atoms with Crippen molar-refractivity contribution in [3.05, 3.63) is 0 Å². The molecule has 0 aromatic heterocycles. The number of carboxylic acid groups (broad SMARTS) is 1. The van der Waals surface area contributed by atoms with Crippen LogP contribution in [0.5, 0.6) is 0 Å². The summed E-state index contributed by atoms with van der Waals surface area (Å²) >= 11 is 0. The number of aliphatic hydroxyl groups excluding tert-OH is 1. The minimum atomic E-state index is -1.20. The van der Waals surface area contributed by atoms with E-state index in [4.69, 9.17) is 4.74 Å². The molecule has 0 saturated heterocycles. The fraction of sp³-hybridized carbons (Fsp3) is 0.913. The van der Waals surface area contributed by atoms with Crippen molar-refractivity contribution in [1.29, 1.82) is 0 Å². The highest BCUT2D eigenvalue weighted by atomic mass is 16.5. The molecule has 0 aromatic carbocycles. The molecule has 172 valence electrons. The molecule has 2 unspecified atom stereocenters. The zero-order valence-electron chi connectivity index (χ0n) is 19.3. The number of hydrogen-bond acceptors (Lipinski definition) is 5. The fourth-order valence-electron chi connectivity index (χ4n) is 3.49. The molecule has 29 heavy (non-hydrogen) atoms. The van der Waals surface area contributed by atoms with Crippen molar-refractivity contribution in [2.45, 2.75) is 109 Å². The number of esters is 1. The molecule has 0 aliphatic heterocycles. The molecule has 0 spiro atoms. The summed E-state index contributed by atoms with van der Waals surface area (Å²) in [5, 5.41) is 20.9. The van der Waals surface area contributed by atoms with Crippen LogP contribution < -0.4 is 5.11 Å². The van der Waals surface area contributed by atoms with Crippen LogP contribution in [0.25, 0.3) is 0 Å². The second-order valence-electron chi connectivity index (χ2n) is 9.32. The standard InChI is InChI=1S/C23H45NO5/c1-5-6-7-9-12-15-20(25)16-13-10-8-11-14-17-23(28)29-21(18-22(26)27)19-24(2,3)4/h20-21,25H,5-19H2,1-4H3. The lowest BCUT2D eigenvalue weighted by Crippen LogP contribution is -2.45. The van der Waals surface area contributed by atoms with Gasteiger partial charge in [0.05, 0.1) is 27.2 Å². The molecule has 0 heterocycles. The molecule has 0 fully saturated rings. The van der Waals surface area contributed by atoms with E-state index in [1.165, 1.54) is 25.7 Å². The highest BCUT2D eigenvalue weighted by molar-refractivity contribution is 5.70. The SMILES string of the molecule is CCCCCCCC(O)CCCCCCCC(=O)OC(CC(=O)[O-])C[N+](C)(C)C. The maximum atomic E-state index is 12.0. The summed E-state index contributed by atoms with van der Waals surface area (Å²) in [6.07, 6.45) is 12.0. The van der Waals surface area contributed by atoms with Crippen LogP contribution in [0.15, 0.2) is 0 Å². The molecule has 6 nitrogen and oxygen atoms in total. The molecule has 0 amide bonds. The van der Waals surface area contributed by atoms with E-state index in [-0.39, 0.29) is 18.5 Å². The minimum absolute atomic E-state index is 0.173. The minimum Gasteiger partial charge on any atom is -0.550 e. The molecule has 0 radical (unpaired) electrons. The first-order valence-corrected chi connectivity index (χ1v) is 11.5. The largest absolute Gasteiger partial charge is 0.550 e. The Morgan fingerprint density at radius 3 is 1.93 bits per heavy atom. The summed E-state index contributed by atoms with van der Waals surface area (Å²) in [4.78, 5) is 22.8. The van der Waals surface area contributed by atoms with E-state index in [0.29, 0.717) is 17.4 Å². The van der Waals surface area contributed by atoms with Crippen molar-refractivity contribution in [3.8, 4) is 0 Å². The first kappa shape index (κ1) is 27.9. The predicted octanol–water partition coefficient (Wildman–Crippen LogP) is 3.20. The van der Waals surface area contributed by atoms with E-state index >= 15 is 0 Å². The number of aliphatic hydroxyl groups is 1. The molecular formula is C23H45NO5. The molecule has 1 N–H and O–H groups in total. The Labute approximate surface area is 178 Å². The summed E-state index contributed by atoms with van der Waals surface area (Å²) in [7, 11) is 5.79. The van der Waals surface area contributed by atoms with Gasteiger partial charge in [-0.15, -0.1) is 0 Å². The monoisotopic (exact) mass is 415 g/mol. The van der Waals surface area contributed by atoms with Gasteiger partial charge in [-0.05, 0) is 19.3 Å². The number of quaternary nitrogens is 1. The van der Waals surface area contributed by atoms with E-state index in [2.05, 4.69) is 6.92 Å². The second-order valence-corrected chi connectivity index (χ2v) is 9.32. The van der Waals surface area contributed by atoms with E-state index in [1.54, 1.807) is 0 Å². The van der Waals surface area contributed by atoms with Crippen LogP contribution in [0.4, 0.5) is 0 Å². The van der Waals surface area contributed by atoms with E-state index in [0.717, 1.165) is 51.4 Å². The van der Waals surface area contributed by atoms with Gasteiger partial charge in [0, 0.05) is 18.8 Å². The Bertz CT molecular complexity index is 433. The lowest BCUT2D eigenvalue weighted by molar-refractivity contribution is -0.873. The number of hydrogen-bond donors (Lipinski definition) is 1. The van der Waals surface area contributed by atoms with Gasteiger partial charge in [-0.25, -0.2) is 0 Å². The quantitative estimate of drug-likeness (QED) is 0.199. The maximum absolute atomic E-state index is 12.0. The van der Waals surface area contributed by atoms with Gasteiger partial charge in [-0.3, -0.25) is 4.79 Å². The highest BCUT2D eigenvalue weighted by Crippen LogP contribution is 2.14. The van der Waals surface area contributed by atoms with Crippen molar-refractivity contribution < 1.29 is 29.0 Å². The molecule has 0 aromatic rings. The Balaban J connectivity index is 3.75. The van der Waals surface area contributed by atoms with Crippen LogP contribution in [-0.2, 0) is 14.3 Å². The van der Waals surface area contributed by atoms with E-state index in [9.17, 15) is 19.8 Å². The van der Waals surface area contributed by atoms with E-state index < -0.39 is 12.1 Å². The van der Waals surface area contributed by atoms with Gasteiger partial charge in [0.2, 0.25) is 0 Å². The summed E-state index contributed by atoms with van der Waals surface area (Å²) in [5.74, 6) is -1.53. The van der Waals surface area contributed by atoms with Gasteiger partial charge in [-0.2, -0.15) is 0 Å². The number of carboxylic acids is 1. The summed E-state index contributed by atoms with van der Waals surface area (Å²) < 4.78 is 5.87. The van der Waals surface area contributed by atoms with Gasteiger partial charge in [0.25, 0.3) is 0 Å². The number of carbonyl (C=O) groups is 2. The van der Waals surface area contributed by atoms with Crippen molar-refractivity contribution in [1.82, 2.24) is 0 Å². The average Bonchev–Trinajstić information content (AvgIpc) is 2.58. The number of likely N-dealkylation sites (N-methyl/N-ethyl adjacent to an activating group) is 1. The van der Waals surface area contributed by atoms with Crippen LogP contribution in [-0.4, -0.2) is 61.4 Å². The normalized spacial score (nSPS) is 13.8. The lowest BCUT2D eigenvalue weighted by atomic mass is 10.0. The predicted molar refractivity (Wildman–Crippen MR) is 114 cm³/mol. The first-order chi connectivity index (χ1) is 13.6. The maximum Gasteiger partial charge on any atom is 0.306 e. The lowest BCUT2D eigenvalue weighted by Gasteiger charge is -2.29. The number of aliphatic carboxylic acids is 1. The van der Waals surface area contributed by atoms with Crippen LogP contribution in [0, 0.1) is 0 Å². The number of rotatable bonds is 19. The molecule has 0 aliphatic carbocycles. The molecule has 0 rings (SSSR count). The van der Waals surface area contributed by atoms with Gasteiger partial charge < -0.3 is 24.2 Å². The smallest absolute Gasteiger partial charge is 0.306 e. The number of carbonyl (C=O) groups excluding carboxylic acids is 2. The third-order valence-corrected chi connectivity index (χ3v) is 5.00. The first-order valence-electron chi connectivity index (χ1n) is 11.5. The van der Waals surface area contributed by atoms with E-state index in [1.807, 2.05) is 21.1 Å². The van der Waals surface area contributed by atoms with Crippen LogP contribution in [0.2, 0.25) is 0 Å². The summed E-state index contributed by atoms with van der Waals surface area (Å²) in [6.45, 7) is 2.65. The van der Waals surface area contributed by atoms with Crippen molar-refractivity contribution in [2.24, 2.45) is 0 Å². The van der Waals surface area contributed by atoms with Crippen LogP contribution in [0.1, 0.15) is 96.8 Å². The van der Waals surface area contributed by atoms with Gasteiger partial charge in [-0.1, -0.05) is 64.7 Å². The Kier molecular flexibility index (Phi) is 16.0. The molecule has 0 saturated carbocycles. The Morgan fingerprint density at radius 2 is 1.41 bits per heavy atom. The van der Waals surface area contributed by atoms with Crippen molar-refractivity contribution in [3.63, 3.8) is 0 Å². The Morgan fingerprint density at radius 1 is 0.897 bits per heavy atom.